The number of nitrogens with one attached hydrogen (secondary N) is 1. The molecule has 3 aromatic rings. The van der Waals surface area contributed by atoms with Crippen molar-refractivity contribution in [3.8, 4) is 11.1 Å². The average molecular weight is 575 g/mol. The van der Waals surface area contributed by atoms with Gasteiger partial charge in [-0.15, -0.1) is 0 Å². The Kier molecular flexibility index (Phi) is 7.16. The number of anilines is 1. The summed E-state index contributed by atoms with van der Waals surface area (Å²) in [6.07, 6.45) is 1.41. The zero-order chi connectivity index (χ0) is 27.1. The summed E-state index contributed by atoms with van der Waals surface area (Å²) >= 11 is 3.45. The zero-order valence-corrected chi connectivity index (χ0v) is 23.7. The Hall–Kier alpha value is -3.07. The van der Waals surface area contributed by atoms with Crippen LogP contribution in [0.1, 0.15) is 50.3 Å². The van der Waals surface area contributed by atoms with Crippen LogP contribution in [0.15, 0.2) is 76.7 Å². The molecule has 0 saturated carbocycles. The SMILES string of the molecule is CC1(C)OB(C(=Cc2ccc(Br)cc2N)CNC(=O)OCC2c3ccccc3-c3ccccc32)OC1(C)C. The summed E-state index contributed by atoms with van der Waals surface area (Å²) in [5.74, 6) is -0.00572. The van der Waals surface area contributed by atoms with Gasteiger partial charge in [0.05, 0.1) is 11.2 Å². The second kappa shape index (κ2) is 10.2. The Morgan fingerprint density at radius 1 is 1.00 bits per heavy atom. The molecule has 5 rings (SSSR count). The molecule has 1 aliphatic carbocycles. The number of hydrogen-bond acceptors (Lipinski definition) is 5. The molecule has 3 aromatic carbocycles. The van der Waals surface area contributed by atoms with Crippen molar-refractivity contribution < 1.29 is 18.8 Å². The number of nitrogens with two attached hydrogens (primary N) is 1. The maximum Gasteiger partial charge on any atom is 0.492 e. The van der Waals surface area contributed by atoms with Crippen LogP contribution in [0.25, 0.3) is 17.2 Å². The van der Waals surface area contributed by atoms with E-state index in [0.717, 1.165) is 15.5 Å². The Labute approximate surface area is 232 Å². The molecule has 1 saturated heterocycles. The summed E-state index contributed by atoms with van der Waals surface area (Å²) in [6.45, 7) is 8.42. The van der Waals surface area contributed by atoms with E-state index < -0.39 is 24.4 Å². The molecule has 196 valence electrons. The maximum atomic E-state index is 12.9. The van der Waals surface area contributed by atoms with Gasteiger partial charge in [-0.2, -0.15) is 0 Å². The zero-order valence-electron chi connectivity index (χ0n) is 22.1. The van der Waals surface area contributed by atoms with E-state index in [1.54, 1.807) is 0 Å². The lowest BCUT2D eigenvalue weighted by Crippen LogP contribution is -2.41. The van der Waals surface area contributed by atoms with Gasteiger partial charge < -0.3 is 25.1 Å². The van der Waals surface area contributed by atoms with E-state index in [4.69, 9.17) is 19.8 Å². The maximum absolute atomic E-state index is 12.9. The second-order valence-electron chi connectivity index (χ2n) is 10.8. The molecule has 1 aliphatic heterocycles. The topological polar surface area (TPSA) is 82.8 Å². The van der Waals surface area contributed by atoms with Crippen molar-refractivity contribution in [2.75, 3.05) is 18.9 Å². The van der Waals surface area contributed by atoms with E-state index in [0.29, 0.717) is 5.69 Å². The van der Waals surface area contributed by atoms with E-state index in [-0.39, 0.29) is 19.1 Å². The molecule has 0 atom stereocenters. The van der Waals surface area contributed by atoms with Crippen LogP contribution in [0, 0.1) is 0 Å². The van der Waals surface area contributed by atoms with E-state index in [9.17, 15) is 4.79 Å². The van der Waals surface area contributed by atoms with Gasteiger partial charge in [0.25, 0.3) is 0 Å². The molecule has 0 aromatic heterocycles. The number of benzene rings is 3. The number of ether oxygens (including phenoxy) is 1. The van der Waals surface area contributed by atoms with Crippen molar-refractivity contribution in [1.82, 2.24) is 5.32 Å². The van der Waals surface area contributed by atoms with Gasteiger partial charge in [0, 0.05) is 22.6 Å². The van der Waals surface area contributed by atoms with Crippen molar-refractivity contribution in [2.45, 2.75) is 44.8 Å². The molecule has 38 heavy (non-hydrogen) atoms. The minimum Gasteiger partial charge on any atom is -0.449 e. The molecule has 1 fully saturated rings. The second-order valence-corrected chi connectivity index (χ2v) is 11.7. The van der Waals surface area contributed by atoms with Crippen molar-refractivity contribution >= 4 is 40.9 Å². The van der Waals surface area contributed by atoms with Crippen LogP contribution < -0.4 is 11.1 Å². The van der Waals surface area contributed by atoms with Crippen LogP contribution in [0.3, 0.4) is 0 Å². The predicted molar refractivity (Wildman–Crippen MR) is 156 cm³/mol. The van der Waals surface area contributed by atoms with Crippen molar-refractivity contribution in [2.24, 2.45) is 0 Å². The van der Waals surface area contributed by atoms with Crippen LogP contribution in [0.4, 0.5) is 10.5 Å². The number of carbonyl (C=O) groups is 1. The van der Waals surface area contributed by atoms with Gasteiger partial charge in [0.15, 0.2) is 0 Å². The molecular weight excluding hydrogens is 543 g/mol. The van der Waals surface area contributed by atoms with Gasteiger partial charge in [-0.3, -0.25) is 0 Å². The lowest BCUT2D eigenvalue weighted by Gasteiger charge is -2.32. The number of hydrogen-bond donors (Lipinski definition) is 2. The van der Waals surface area contributed by atoms with Crippen LogP contribution in [-0.2, 0) is 14.0 Å². The van der Waals surface area contributed by atoms with E-state index in [1.165, 1.54) is 22.3 Å². The number of nitrogen functional groups attached to an aromatic ring is 1. The van der Waals surface area contributed by atoms with E-state index >= 15 is 0 Å². The standard InChI is InChI=1S/C30H32BBrN2O4/c1-29(2)30(3,4)38-31(37-29)20(15-19-13-14-21(32)16-27(19)33)17-34-28(35)36-18-26-24-11-7-5-9-22(24)23-10-6-8-12-25(23)26/h5-16,26H,17-18,33H2,1-4H3,(H,34,35). The van der Waals surface area contributed by atoms with Crippen LogP contribution in [-0.4, -0.2) is 37.6 Å². The fourth-order valence-corrected chi connectivity index (χ4v) is 5.28. The Balaban J connectivity index is 1.31. The highest BCUT2D eigenvalue weighted by Gasteiger charge is 2.52. The number of alkyl carbamates (subject to hydrolysis) is 1. The lowest BCUT2D eigenvalue weighted by molar-refractivity contribution is 0.00578. The Morgan fingerprint density at radius 2 is 1.58 bits per heavy atom. The molecule has 1 heterocycles. The molecule has 1 amide bonds. The number of carbonyl (C=O) groups excluding carboxylic acids is 1. The minimum absolute atomic E-state index is 0.00572. The third-order valence-electron chi connectivity index (χ3n) is 7.73. The van der Waals surface area contributed by atoms with Gasteiger partial charge in [-0.25, -0.2) is 4.79 Å². The quantitative estimate of drug-likeness (QED) is 0.256. The number of halogens is 1. The fraction of sp³-hybridized carbons (Fsp3) is 0.300. The third-order valence-corrected chi connectivity index (χ3v) is 8.22. The summed E-state index contributed by atoms with van der Waals surface area (Å²) in [5, 5.41) is 2.90. The average Bonchev–Trinajstić information content (AvgIpc) is 3.30. The highest BCUT2D eigenvalue weighted by atomic mass is 79.9. The highest BCUT2D eigenvalue weighted by molar-refractivity contribution is 9.10. The monoisotopic (exact) mass is 574 g/mol. The highest BCUT2D eigenvalue weighted by Crippen LogP contribution is 2.44. The Bertz CT molecular complexity index is 1340. The summed E-state index contributed by atoms with van der Waals surface area (Å²) < 4.78 is 19.2. The fourth-order valence-electron chi connectivity index (χ4n) is 4.90. The number of fused-ring (bicyclic) bond motifs is 3. The van der Waals surface area contributed by atoms with Gasteiger partial charge in [-0.05, 0) is 73.1 Å². The first-order valence-electron chi connectivity index (χ1n) is 12.8. The van der Waals surface area contributed by atoms with Gasteiger partial charge in [-0.1, -0.05) is 76.6 Å². The first-order chi connectivity index (χ1) is 18.1. The molecule has 0 unspecified atom stereocenters. The molecule has 0 radical (unpaired) electrons. The van der Waals surface area contributed by atoms with Gasteiger partial charge in [0.2, 0.25) is 0 Å². The van der Waals surface area contributed by atoms with Crippen LogP contribution in [0.5, 0.6) is 0 Å². The van der Waals surface area contributed by atoms with Crippen LogP contribution in [0.2, 0.25) is 0 Å². The molecule has 6 nitrogen and oxygen atoms in total. The summed E-state index contributed by atoms with van der Waals surface area (Å²) in [4.78, 5) is 12.9. The smallest absolute Gasteiger partial charge is 0.449 e. The van der Waals surface area contributed by atoms with Gasteiger partial charge >= 0.3 is 13.2 Å². The molecular formula is C30H32BBrN2O4. The summed E-state index contributed by atoms with van der Waals surface area (Å²) in [5.41, 5.74) is 12.1. The van der Waals surface area contributed by atoms with E-state index in [1.807, 2.05) is 76.2 Å². The Morgan fingerprint density at radius 3 is 2.16 bits per heavy atom. The van der Waals surface area contributed by atoms with Gasteiger partial charge in [0.1, 0.15) is 6.61 Å². The molecule has 8 heteroatoms. The lowest BCUT2D eigenvalue weighted by atomic mass is 9.77. The number of amides is 1. The third kappa shape index (κ3) is 5.13. The van der Waals surface area contributed by atoms with Crippen LogP contribution >= 0.6 is 15.9 Å². The predicted octanol–water partition coefficient (Wildman–Crippen LogP) is 6.58. The first kappa shape index (κ1) is 26.5. The summed E-state index contributed by atoms with van der Waals surface area (Å²) in [7, 11) is -0.642. The molecule has 3 N–H and O–H groups in total. The first-order valence-corrected chi connectivity index (χ1v) is 13.5. The molecule has 0 bridgehead atoms. The summed E-state index contributed by atoms with van der Waals surface area (Å²) in [6, 6.07) is 22.2. The van der Waals surface area contributed by atoms with Crippen molar-refractivity contribution in [3.63, 3.8) is 0 Å². The molecule has 0 spiro atoms. The van der Waals surface area contributed by atoms with Crippen molar-refractivity contribution in [1.29, 1.82) is 0 Å². The molecule has 2 aliphatic rings. The van der Waals surface area contributed by atoms with Crippen molar-refractivity contribution in [3.05, 3.63) is 93.4 Å². The number of rotatable bonds is 6. The largest absolute Gasteiger partial charge is 0.492 e. The normalized spacial score (nSPS) is 17.7. The minimum atomic E-state index is -0.642. The van der Waals surface area contributed by atoms with E-state index in [2.05, 4.69) is 45.5 Å².